The van der Waals surface area contributed by atoms with Crippen LogP contribution in [0.3, 0.4) is 0 Å². The standard InChI is InChI=1S/C19H26N2S/c1-15(2)19(21-17-7-5-4-6-8-17)14-20-13-16-9-11-18(22-3)12-10-16/h4-12,15,19-21H,13-14H2,1-3H3. The Morgan fingerprint density at radius 2 is 1.64 bits per heavy atom. The van der Waals surface area contributed by atoms with Gasteiger partial charge in [-0.3, -0.25) is 0 Å². The summed E-state index contributed by atoms with van der Waals surface area (Å²) in [6.07, 6.45) is 2.11. The zero-order valence-corrected chi connectivity index (χ0v) is 14.5. The molecule has 0 heterocycles. The number of benzene rings is 2. The molecule has 2 aromatic carbocycles. The van der Waals surface area contributed by atoms with Crippen molar-refractivity contribution >= 4 is 17.4 Å². The van der Waals surface area contributed by atoms with Gasteiger partial charge in [-0.05, 0) is 42.0 Å². The molecule has 22 heavy (non-hydrogen) atoms. The number of thioether (sulfide) groups is 1. The van der Waals surface area contributed by atoms with Crippen LogP contribution < -0.4 is 10.6 Å². The SMILES string of the molecule is CSc1ccc(CNCC(Nc2ccccc2)C(C)C)cc1. The largest absolute Gasteiger partial charge is 0.381 e. The van der Waals surface area contributed by atoms with Crippen LogP contribution in [-0.4, -0.2) is 18.8 Å². The quantitative estimate of drug-likeness (QED) is 0.694. The highest BCUT2D eigenvalue weighted by Gasteiger charge is 2.12. The molecule has 1 unspecified atom stereocenters. The van der Waals surface area contributed by atoms with E-state index in [-0.39, 0.29) is 0 Å². The maximum absolute atomic E-state index is 3.62. The van der Waals surface area contributed by atoms with Crippen molar-refractivity contribution in [2.45, 2.75) is 31.3 Å². The lowest BCUT2D eigenvalue weighted by molar-refractivity contribution is 0.484. The van der Waals surface area contributed by atoms with Crippen LogP contribution in [0.15, 0.2) is 59.5 Å². The van der Waals surface area contributed by atoms with Crippen LogP contribution >= 0.6 is 11.8 Å². The Labute approximate surface area is 138 Å². The fourth-order valence-corrected chi connectivity index (χ4v) is 2.73. The van der Waals surface area contributed by atoms with Crippen molar-refractivity contribution < 1.29 is 0 Å². The highest BCUT2D eigenvalue weighted by Crippen LogP contribution is 2.15. The first-order chi connectivity index (χ1) is 10.7. The molecule has 0 saturated carbocycles. The van der Waals surface area contributed by atoms with Crippen molar-refractivity contribution in [3.05, 3.63) is 60.2 Å². The lowest BCUT2D eigenvalue weighted by Gasteiger charge is -2.24. The number of hydrogen-bond donors (Lipinski definition) is 2. The minimum Gasteiger partial charge on any atom is -0.381 e. The Morgan fingerprint density at radius 1 is 0.955 bits per heavy atom. The monoisotopic (exact) mass is 314 g/mol. The maximum Gasteiger partial charge on any atom is 0.0408 e. The van der Waals surface area contributed by atoms with Crippen molar-refractivity contribution in [2.75, 3.05) is 18.1 Å². The molecule has 2 aromatic rings. The Morgan fingerprint density at radius 3 is 2.23 bits per heavy atom. The molecule has 0 fully saturated rings. The topological polar surface area (TPSA) is 24.1 Å². The Hall–Kier alpha value is -1.45. The molecular weight excluding hydrogens is 288 g/mol. The average molecular weight is 314 g/mol. The van der Waals surface area contributed by atoms with Gasteiger partial charge in [0.05, 0.1) is 0 Å². The third-order valence-electron chi connectivity index (χ3n) is 3.78. The van der Waals surface area contributed by atoms with E-state index >= 15 is 0 Å². The molecule has 3 heteroatoms. The average Bonchev–Trinajstić information content (AvgIpc) is 2.55. The van der Waals surface area contributed by atoms with Gasteiger partial charge in [-0.1, -0.05) is 44.2 Å². The third-order valence-corrected chi connectivity index (χ3v) is 4.53. The van der Waals surface area contributed by atoms with Crippen LogP contribution in [0.5, 0.6) is 0 Å². The van der Waals surface area contributed by atoms with E-state index in [9.17, 15) is 0 Å². The van der Waals surface area contributed by atoms with Gasteiger partial charge in [0.1, 0.15) is 0 Å². The van der Waals surface area contributed by atoms with Crippen LogP contribution in [0, 0.1) is 5.92 Å². The summed E-state index contributed by atoms with van der Waals surface area (Å²) < 4.78 is 0. The Bertz CT molecular complexity index is 537. The zero-order valence-electron chi connectivity index (χ0n) is 13.7. The molecule has 0 radical (unpaired) electrons. The third kappa shape index (κ3) is 5.39. The second-order valence-corrected chi connectivity index (χ2v) is 6.72. The number of nitrogens with one attached hydrogen (secondary N) is 2. The number of hydrogen-bond acceptors (Lipinski definition) is 3. The number of rotatable bonds is 8. The molecule has 2 nitrogen and oxygen atoms in total. The van der Waals surface area contributed by atoms with Gasteiger partial charge in [0.2, 0.25) is 0 Å². The van der Waals surface area contributed by atoms with Gasteiger partial charge in [0.15, 0.2) is 0 Å². The summed E-state index contributed by atoms with van der Waals surface area (Å²) in [4.78, 5) is 1.31. The van der Waals surface area contributed by atoms with E-state index in [0.29, 0.717) is 12.0 Å². The molecule has 118 valence electrons. The van der Waals surface area contributed by atoms with Crippen LogP contribution in [0.25, 0.3) is 0 Å². The number of para-hydroxylation sites is 1. The van der Waals surface area contributed by atoms with E-state index < -0.39 is 0 Å². The van der Waals surface area contributed by atoms with Crippen LogP contribution in [0.2, 0.25) is 0 Å². The van der Waals surface area contributed by atoms with Gasteiger partial charge in [0.25, 0.3) is 0 Å². The molecule has 2 N–H and O–H groups in total. The van der Waals surface area contributed by atoms with Crippen LogP contribution in [0.4, 0.5) is 5.69 Å². The Kier molecular flexibility index (Phi) is 6.81. The molecule has 0 aromatic heterocycles. The van der Waals surface area contributed by atoms with Crippen molar-refractivity contribution in [1.82, 2.24) is 5.32 Å². The van der Waals surface area contributed by atoms with Crippen LogP contribution in [0.1, 0.15) is 19.4 Å². The molecule has 0 bridgehead atoms. The minimum absolute atomic E-state index is 0.424. The van der Waals surface area contributed by atoms with E-state index in [1.807, 2.05) is 6.07 Å². The van der Waals surface area contributed by atoms with Crippen molar-refractivity contribution in [2.24, 2.45) is 5.92 Å². The second kappa shape index (κ2) is 8.86. The maximum atomic E-state index is 3.62. The second-order valence-electron chi connectivity index (χ2n) is 5.84. The number of anilines is 1. The normalized spacial score (nSPS) is 12.4. The summed E-state index contributed by atoms with van der Waals surface area (Å²) in [6.45, 7) is 6.39. The lowest BCUT2D eigenvalue weighted by atomic mass is 10.0. The molecule has 0 amide bonds. The summed E-state index contributed by atoms with van der Waals surface area (Å²) >= 11 is 1.78. The summed E-state index contributed by atoms with van der Waals surface area (Å²) in [5, 5.41) is 7.19. The van der Waals surface area contributed by atoms with Crippen molar-refractivity contribution in [3.8, 4) is 0 Å². The summed E-state index contributed by atoms with van der Waals surface area (Å²) in [5.41, 5.74) is 2.52. The lowest BCUT2D eigenvalue weighted by Crippen LogP contribution is -2.36. The molecule has 0 spiro atoms. The van der Waals surface area contributed by atoms with Gasteiger partial charge >= 0.3 is 0 Å². The van der Waals surface area contributed by atoms with Gasteiger partial charge in [0, 0.05) is 29.7 Å². The van der Waals surface area contributed by atoms with E-state index in [1.54, 1.807) is 11.8 Å². The van der Waals surface area contributed by atoms with E-state index in [4.69, 9.17) is 0 Å². The zero-order chi connectivity index (χ0) is 15.8. The molecule has 0 saturated heterocycles. The molecule has 0 aliphatic heterocycles. The first-order valence-corrected chi connectivity index (χ1v) is 9.06. The van der Waals surface area contributed by atoms with Crippen molar-refractivity contribution in [1.29, 1.82) is 0 Å². The smallest absolute Gasteiger partial charge is 0.0408 e. The summed E-state index contributed by atoms with van der Waals surface area (Å²) in [6, 6.07) is 19.6. The Balaban J connectivity index is 1.83. The van der Waals surface area contributed by atoms with Crippen molar-refractivity contribution in [3.63, 3.8) is 0 Å². The summed E-state index contributed by atoms with van der Waals surface area (Å²) in [7, 11) is 0. The van der Waals surface area contributed by atoms with E-state index in [0.717, 1.165) is 13.1 Å². The molecule has 2 rings (SSSR count). The van der Waals surface area contributed by atoms with Gasteiger partial charge in [-0.25, -0.2) is 0 Å². The van der Waals surface area contributed by atoms with E-state index in [1.165, 1.54) is 16.1 Å². The molecular formula is C19H26N2S. The predicted octanol–water partition coefficient (Wildman–Crippen LogP) is 4.63. The highest BCUT2D eigenvalue weighted by atomic mass is 32.2. The first kappa shape index (κ1) is 16.9. The van der Waals surface area contributed by atoms with Gasteiger partial charge in [-0.2, -0.15) is 0 Å². The highest BCUT2D eigenvalue weighted by molar-refractivity contribution is 7.98. The fraction of sp³-hybridized carbons (Fsp3) is 0.368. The molecule has 1 atom stereocenters. The first-order valence-electron chi connectivity index (χ1n) is 7.84. The van der Waals surface area contributed by atoms with E-state index in [2.05, 4.69) is 79.3 Å². The summed E-state index contributed by atoms with van der Waals surface area (Å²) in [5.74, 6) is 0.576. The molecule has 0 aliphatic rings. The molecule has 0 aliphatic carbocycles. The van der Waals surface area contributed by atoms with Gasteiger partial charge in [-0.15, -0.1) is 11.8 Å². The minimum atomic E-state index is 0.424. The fourth-order valence-electron chi connectivity index (χ4n) is 2.32. The van der Waals surface area contributed by atoms with Gasteiger partial charge < -0.3 is 10.6 Å². The predicted molar refractivity (Wildman–Crippen MR) is 98.6 cm³/mol. The van der Waals surface area contributed by atoms with Crippen LogP contribution in [-0.2, 0) is 6.54 Å².